The zero-order valence-electron chi connectivity index (χ0n) is 12.7. The van der Waals surface area contributed by atoms with Gasteiger partial charge in [-0.3, -0.25) is 4.98 Å². The molecule has 0 aliphatic carbocycles. The topological polar surface area (TPSA) is 58.4 Å². The van der Waals surface area contributed by atoms with Gasteiger partial charge in [0.05, 0.1) is 5.56 Å². The van der Waals surface area contributed by atoms with Crippen molar-refractivity contribution in [2.45, 2.75) is 0 Å². The van der Waals surface area contributed by atoms with Crippen LogP contribution in [-0.2, 0) is 0 Å². The molecule has 0 radical (unpaired) electrons. The zero-order chi connectivity index (χ0) is 15.6. The molecule has 5 nitrogen and oxygen atoms in total. The zero-order valence-corrected chi connectivity index (χ0v) is 12.7. The van der Waals surface area contributed by atoms with Gasteiger partial charge in [-0.25, -0.2) is 4.79 Å². The van der Waals surface area contributed by atoms with E-state index in [1.54, 1.807) is 12.4 Å². The first kappa shape index (κ1) is 14.0. The van der Waals surface area contributed by atoms with Gasteiger partial charge in [-0.1, -0.05) is 6.07 Å². The molecule has 1 aliphatic rings. The van der Waals surface area contributed by atoms with Gasteiger partial charge >= 0.3 is 5.63 Å². The van der Waals surface area contributed by atoms with E-state index in [-0.39, 0.29) is 5.63 Å². The summed E-state index contributed by atoms with van der Waals surface area (Å²) in [7, 11) is 0. The van der Waals surface area contributed by atoms with Crippen LogP contribution in [0.15, 0.2) is 58.0 Å². The van der Waals surface area contributed by atoms with Gasteiger partial charge in [0.2, 0.25) is 0 Å². The molecular formula is C18H17N3O2. The largest absolute Gasteiger partial charge is 0.422 e. The van der Waals surface area contributed by atoms with Crippen LogP contribution in [0.5, 0.6) is 0 Å². The van der Waals surface area contributed by atoms with Crippen molar-refractivity contribution in [1.29, 1.82) is 0 Å². The molecule has 3 aromatic rings. The van der Waals surface area contributed by atoms with Gasteiger partial charge in [-0.05, 0) is 24.3 Å². The van der Waals surface area contributed by atoms with Crippen LogP contribution in [0.1, 0.15) is 0 Å². The molecule has 0 spiro atoms. The van der Waals surface area contributed by atoms with E-state index >= 15 is 0 Å². The molecule has 4 rings (SSSR count). The summed E-state index contributed by atoms with van der Waals surface area (Å²) in [6.07, 6.45) is 3.36. The summed E-state index contributed by atoms with van der Waals surface area (Å²) in [6.45, 7) is 3.87. The number of pyridine rings is 1. The highest BCUT2D eigenvalue weighted by Gasteiger charge is 2.13. The molecule has 0 atom stereocenters. The Bertz CT molecular complexity index is 884. The summed E-state index contributed by atoms with van der Waals surface area (Å²) >= 11 is 0. The molecule has 2 aromatic heterocycles. The average Bonchev–Trinajstić information content (AvgIpc) is 2.62. The molecule has 5 heteroatoms. The molecule has 1 saturated heterocycles. The van der Waals surface area contributed by atoms with Crippen LogP contribution in [0.4, 0.5) is 5.69 Å². The Morgan fingerprint density at radius 1 is 1.13 bits per heavy atom. The highest BCUT2D eigenvalue weighted by molar-refractivity contribution is 5.84. The minimum atomic E-state index is -0.331. The molecule has 0 saturated carbocycles. The second kappa shape index (κ2) is 5.85. The third-order valence-electron chi connectivity index (χ3n) is 4.17. The number of hydrogen-bond donors (Lipinski definition) is 1. The molecule has 1 N–H and O–H groups in total. The standard InChI is InChI=1S/C18H17N3O2/c22-18-16(14-2-1-5-20-12-14)10-13-3-4-15(11-17(13)23-18)21-8-6-19-7-9-21/h1-5,10-12,19H,6-9H2. The summed E-state index contributed by atoms with van der Waals surface area (Å²) in [6, 6.07) is 11.6. The minimum absolute atomic E-state index is 0.331. The highest BCUT2D eigenvalue weighted by atomic mass is 16.4. The lowest BCUT2D eigenvalue weighted by molar-refractivity contribution is 0.561. The molecule has 116 valence electrons. The second-order valence-electron chi connectivity index (χ2n) is 5.65. The average molecular weight is 307 g/mol. The number of piperazine rings is 1. The molecule has 1 fully saturated rings. The number of anilines is 1. The molecule has 0 bridgehead atoms. The van der Waals surface area contributed by atoms with Gasteiger partial charge in [0.1, 0.15) is 5.58 Å². The summed E-state index contributed by atoms with van der Waals surface area (Å²) < 4.78 is 5.55. The van der Waals surface area contributed by atoms with E-state index in [1.165, 1.54) is 0 Å². The van der Waals surface area contributed by atoms with Crippen LogP contribution >= 0.6 is 0 Å². The van der Waals surface area contributed by atoms with Gasteiger partial charge < -0.3 is 14.6 Å². The maximum atomic E-state index is 12.3. The van der Waals surface area contributed by atoms with Gasteiger partial charge in [0.25, 0.3) is 0 Å². The maximum Gasteiger partial charge on any atom is 0.344 e. The van der Waals surface area contributed by atoms with Crippen LogP contribution in [0.2, 0.25) is 0 Å². The van der Waals surface area contributed by atoms with Crippen LogP contribution in [0, 0.1) is 0 Å². The fraction of sp³-hybridized carbons (Fsp3) is 0.222. The van der Waals surface area contributed by atoms with E-state index in [2.05, 4.69) is 21.3 Å². The molecule has 0 amide bonds. The van der Waals surface area contributed by atoms with Crippen molar-refractivity contribution >= 4 is 16.7 Å². The van der Waals surface area contributed by atoms with Crippen molar-refractivity contribution in [2.75, 3.05) is 31.1 Å². The van der Waals surface area contributed by atoms with Crippen LogP contribution in [0.3, 0.4) is 0 Å². The number of aromatic nitrogens is 1. The first-order valence-corrected chi connectivity index (χ1v) is 7.75. The number of nitrogens with zero attached hydrogens (tertiary/aromatic N) is 2. The van der Waals surface area contributed by atoms with Crippen molar-refractivity contribution in [1.82, 2.24) is 10.3 Å². The SMILES string of the molecule is O=c1oc2cc(N3CCNCC3)ccc2cc1-c1cccnc1. The fourth-order valence-electron chi connectivity index (χ4n) is 2.94. The predicted molar refractivity (Wildman–Crippen MR) is 90.8 cm³/mol. The predicted octanol–water partition coefficient (Wildman–Crippen LogP) is 2.26. The number of fused-ring (bicyclic) bond motifs is 1. The van der Waals surface area contributed by atoms with E-state index < -0.39 is 0 Å². The van der Waals surface area contributed by atoms with Gasteiger partial charge in [0.15, 0.2) is 0 Å². The quantitative estimate of drug-likeness (QED) is 0.736. The molecule has 23 heavy (non-hydrogen) atoms. The van der Waals surface area contributed by atoms with Crippen molar-refractivity contribution in [2.24, 2.45) is 0 Å². The van der Waals surface area contributed by atoms with Crippen molar-refractivity contribution in [3.8, 4) is 11.1 Å². The van der Waals surface area contributed by atoms with E-state index in [0.717, 1.165) is 42.8 Å². The number of nitrogens with one attached hydrogen (secondary N) is 1. The first-order valence-electron chi connectivity index (χ1n) is 7.75. The monoisotopic (exact) mass is 307 g/mol. The Morgan fingerprint density at radius 3 is 2.78 bits per heavy atom. The molecule has 1 aliphatic heterocycles. The van der Waals surface area contributed by atoms with Crippen LogP contribution in [-0.4, -0.2) is 31.2 Å². The second-order valence-corrected chi connectivity index (χ2v) is 5.65. The molecule has 3 heterocycles. The first-order chi connectivity index (χ1) is 11.3. The van der Waals surface area contributed by atoms with E-state index in [0.29, 0.717) is 11.1 Å². The van der Waals surface area contributed by atoms with E-state index in [4.69, 9.17) is 4.42 Å². The minimum Gasteiger partial charge on any atom is -0.422 e. The smallest absolute Gasteiger partial charge is 0.344 e. The normalized spacial score (nSPS) is 15.0. The number of rotatable bonds is 2. The molecule has 0 unspecified atom stereocenters. The number of benzene rings is 1. The third kappa shape index (κ3) is 2.71. The summed E-state index contributed by atoms with van der Waals surface area (Å²) in [5, 5.41) is 4.25. The van der Waals surface area contributed by atoms with E-state index in [9.17, 15) is 4.79 Å². The van der Waals surface area contributed by atoms with Crippen molar-refractivity contribution < 1.29 is 4.42 Å². The fourth-order valence-corrected chi connectivity index (χ4v) is 2.94. The van der Waals surface area contributed by atoms with Crippen LogP contribution < -0.4 is 15.8 Å². The summed E-state index contributed by atoms with van der Waals surface area (Å²) in [5.74, 6) is 0. The Hall–Kier alpha value is -2.66. The molecular weight excluding hydrogens is 290 g/mol. The van der Waals surface area contributed by atoms with Gasteiger partial charge in [0, 0.05) is 61.3 Å². The highest BCUT2D eigenvalue weighted by Crippen LogP contribution is 2.25. The van der Waals surface area contributed by atoms with Crippen LogP contribution in [0.25, 0.3) is 22.1 Å². The Labute approximate surface area is 133 Å². The maximum absolute atomic E-state index is 12.3. The van der Waals surface area contributed by atoms with Crippen molar-refractivity contribution in [3.05, 3.63) is 59.2 Å². The van der Waals surface area contributed by atoms with Crippen molar-refractivity contribution in [3.63, 3.8) is 0 Å². The number of hydrogen-bond acceptors (Lipinski definition) is 5. The van der Waals surface area contributed by atoms with Gasteiger partial charge in [-0.15, -0.1) is 0 Å². The Balaban J connectivity index is 1.77. The Kier molecular flexibility index (Phi) is 3.55. The summed E-state index contributed by atoms with van der Waals surface area (Å²) in [4.78, 5) is 18.7. The summed E-state index contributed by atoms with van der Waals surface area (Å²) in [5.41, 5.74) is 2.70. The lowest BCUT2D eigenvalue weighted by Crippen LogP contribution is -2.43. The molecule has 1 aromatic carbocycles. The third-order valence-corrected chi connectivity index (χ3v) is 4.17. The lowest BCUT2D eigenvalue weighted by Gasteiger charge is -2.29. The lowest BCUT2D eigenvalue weighted by atomic mass is 10.1. The van der Waals surface area contributed by atoms with Gasteiger partial charge in [-0.2, -0.15) is 0 Å². The Morgan fingerprint density at radius 2 is 2.00 bits per heavy atom. The van der Waals surface area contributed by atoms with E-state index in [1.807, 2.05) is 30.3 Å².